The molecule has 1 aliphatic carbocycles. The van der Waals surface area contributed by atoms with Gasteiger partial charge in [0.05, 0.1) is 6.54 Å². The standard InChI is InChI=1S/C13H15N3O.ClH/c1-9-15-13(17-16-9)8-14-12-7-11(12)10-5-3-2-4-6-10;/h2-6,11-12,14H,7-8H2,1H3;1H/t11-,12+;/m0./s1. The fraction of sp³-hybridized carbons (Fsp3) is 0.385. The van der Waals surface area contributed by atoms with Crippen LogP contribution in [0.15, 0.2) is 34.9 Å². The third-order valence-electron chi connectivity index (χ3n) is 3.10. The number of nitrogens with one attached hydrogen (secondary N) is 1. The van der Waals surface area contributed by atoms with Gasteiger partial charge in [0.1, 0.15) is 0 Å². The summed E-state index contributed by atoms with van der Waals surface area (Å²) in [6.45, 7) is 2.49. The maximum Gasteiger partial charge on any atom is 0.240 e. The summed E-state index contributed by atoms with van der Waals surface area (Å²) in [4.78, 5) is 4.17. The second-order valence-corrected chi connectivity index (χ2v) is 4.48. The van der Waals surface area contributed by atoms with Gasteiger partial charge < -0.3 is 9.84 Å². The van der Waals surface area contributed by atoms with Gasteiger partial charge in [0.2, 0.25) is 5.89 Å². The van der Waals surface area contributed by atoms with E-state index in [9.17, 15) is 0 Å². The van der Waals surface area contributed by atoms with E-state index < -0.39 is 0 Å². The van der Waals surface area contributed by atoms with Crippen molar-refractivity contribution in [2.75, 3.05) is 0 Å². The predicted octanol–water partition coefficient (Wildman–Crippen LogP) is 2.45. The first-order valence-corrected chi connectivity index (χ1v) is 5.90. The van der Waals surface area contributed by atoms with Crippen LogP contribution in [0.3, 0.4) is 0 Å². The molecule has 1 aromatic heterocycles. The van der Waals surface area contributed by atoms with Crippen LogP contribution in [0.1, 0.15) is 29.6 Å². The molecule has 4 nitrogen and oxygen atoms in total. The number of halogens is 1. The quantitative estimate of drug-likeness (QED) is 0.923. The zero-order chi connectivity index (χ0) is 11.7. The Balaban J connectivity index is 0.00000120. The summed E-state index contributed by atoms with van der Waals surface area (Å²) in [6, 6.07) is 11.1. The molecule has 0 amide bonds. The lowest BCUT2D eigenvalue weighted by molar-refractivity contribution is 0.363. The number of rotatable bonds is 4. The van der Waals surface area contributed by atoms with Crippen LogP contribution in [0.5, 0.6) is 0 Å². The number of aryl methyl sites for hydroxylation is 1. The van der Waals surface area contributed by atoms with Crippen molar-refractivity contribution in [3.05, 3.63) is 47.6 Å². The Hall–Kier alpha value is -1.39. The molecule has 0 radical (unpaired) electrons. The van der Waals surface area contributed by atoms with Gasteiger partial charge in [-0.2, -0.15) is 4.98 Å². The molecule has 1 heterocycles. The van der Waals surface area contributed by atoms with Gasteiger partial charge in [-0.1, -0.05) is 35.5 Å². The van der Waals surface area contributed by atoms with Gasteiger partial charge in [-0.15, -0.1) is 12.4 Å². The lowest BCUT2D eigenvalue weighted by Crippen LogP contribution is -2.17. The Bertz CT molecular complexity index is 500. The van der Waals surface area contributed by atoms with E-state index in [-0.39, 0.29) is 12.4 Å². The van der Waals surface area contributed by atoms with Crippen LogP contribution in [-0.4, -0.2) is 16.2 Å². The zero-order valence-electron chi connectivity index (χ0n) is 10.2. The van der Waals surface area contributed by atoms with Crippen molar-refractivity contribution >= 4 is 12.4 Å². The van der Waals surface area contributed by atoms with Gasteiger partial charge in [-0.3, -0.25) is 0 Å². The van der Waals surface area contributed by atoms with Gasteiger partial charge in [0.25, 0.3) is 0 Å². The monoisotopic (exact) mass is 265 g/mol. The Labute approximate surface area is 112 Å². The topological polar surface area (TPSA) is 51.0 Å². The predicted molar refractivity (Wildman–Crippen MR) is 70.7 cm³/mol. The second kappa shape index (κ2) is 5.50. The number of hydrogen-bond acceptors (Lipinski definition) is 4. The van der Waals surface area contributed by atoms with E-state index in [2.05, 4.69) is 45.8 Å². The van der Waals surface area contributed by atoms with Crippen LogP contribution in [0.25, 0.3) is 0 Å². The Morgan fingerprint density at radius 3 is 2.78 bits per heavy atom. The third-order valence-corrected chi connectivity index (χ3v) is 3.10. The summed E-state index contributed by atoms with van der Waals surface area (Å²) in [5.41, 5.74) is 1.41. The summed E-state index contributed by atoms with van der Waals surface area (Å²) in [7, 11) is 0. The van der Waals surface area contributed by atoms with E-state index in [1.807, 2.05) is 6.92 Å². The average Bonchev–Trinajstić information content (AvgIpc) is 3.03. The van der Waals surface area contributed by atoms with Gasteiger partial charge in [0.15, 0.2) is 5.82 Å². The van der Waals surface area contributed by atoms with E-state index >= 15 is 0 Å². The Kier molecular flexibility index (Phi) is 3.99. The van der Waals surface area contributed by atoms with E-state index in [1.54, 1.807) is 0 Å². The maximum absolute atomic E-state index is 5.06. The van der Waals surface area contributed by atoms with Crippen LogP contribution in [-0.2, 0) is 6.54 Å². The largest absolute Gasteiger partial charge is 0.338 e. The lowest BCUT2D eigenvalue weighted by atomic mass is 10.1. The Morgan fingerprint density at radius 2 is 2.11 bits per heavy atom. The molecule has 1 aliphatic rings. The summed E-state index contributed by atoms with van der Waals surface area (Å²) < 4.78 is 5.06. The molecule has 2 atom stereocenters. The minimum absolute atomic E-state index is 0. The normalized spacial score (nSPS) is 21.4. The zero-order valence-corrected chi connectivity index (χ0v) is 11.0. The highest BCUT2D eigenvalue weighted by molar-refractivity contribution is 5.85. The molecule has 0 saturated heterocycles. The van der Waals surface area contributed by atoms with Crippen LogP contribution in [0, 0.1) is 6.92 Å². The van der Waals surface area contributed by atoms with Crippen molar-refractivity contribution in [2.45, 2.75) is 31.8 Å². The smallest absolute Gasteiger partial charge is 0.240 e. The number of nitrogens with zero attached hydrogens (tertiary/aromatic N) is 2. The molecule has 1 aromatic carbocycles. The molecular formula is C13H16ClN3O. The first-order chi connectivity index (χ1) is 8.33. The molecule has 0 unspecified atom stereocenters. The minimum atomic E-state index is 0. The fourth-order valence-electron chi connectivity index (χ4n) is 2.12. The van der Waals surface area contributed by atoms with Crippen LogP contribution in [0.4, 0.5) is 0 Å². The molecule has 1 saturated carbocycles. The second-order valence-electron chi connectivity index (χ2n) is 4.48. The van der Waals surface area contributed by atoms with Crippen LogP contribution >= 0.6 is 12.4 Å². The van der Waals surface area contributed by atoms with Gasteiger partial charge in [-0.05, 0) is 18.9 Å². The molecule has 5 heteroatoms. The van der Waals surface area contributed by atoms with E-state index in [4.69, 9.17) is 4.52 Å². The first-order valence-electron chi connectivity index (χ1n) is 5.90. The molecule has 1 fully saturated rings. The molecule has 0 bridgehead atoms. The van der Waals surface area contributed by atoms with Gasteiger partial charge in [0, 0.05) is 12.0 Å². The summed E-state index contributed by atoms with van der Waals surface area (Å²) in [5, 5.41) is 7.20. The van der Waals surface area contributed by atoms with E-state index in [0.717, 1.165) is 0 Å². The van der Waals surface area contributed by atoms with E-state index in [0.29, 0.717) is 30.2 Å². The first kappa shape index (κ1) is 13.1. The summed E-state index contributed by atoms with van der Waals surface area (Å²) >= 11 is 0. The minimum Gasteiger partial charge on any atom is -0.338 e. The summed E-state index contributed by atoms with van der Waals surface area (Å²) in [6.07, 6.45) is 1.19. The average molecular weight is 266 g/mol. The SMILES string of the molecule is Cc1noc(CN[C@@H]2C[C@H]2c2ccccc2)n1.Cl. The van der Waals surface area contributed by atoms with Crippen LogP contribution < -0.4 is 5.32 Å². The molecule has 0 aliphatic heterocycles. The number of aromatic nitrogens is 2. The highest BCUT2D eigenvalue weighted by atomic mass is 35.5. The lowest BCUT2D eigenvalue weighted by Gasteiger charge is -2.00. The van der Waals surface area contributed by atoms with Gasteiger partial charge >= 0.3 is 0 Å². The number of benzene rings is 1. The number of hydrogen-bond donors (Lipinski definition) is 1. The Morgan fingerprint density at radius 1 is 1.33 bits per heavy atom. The van der Waals surface area contributed by atoms with Crippen molar-refractivity contribution in [1.82, 2.24) is 15.5 Å². The molecule has 2 aromatic rings. The van der Waals surface area contributed by atoms with Crippen LogP contribution in [0.2, 0.25) is 0 Å². The van der Waals surface area contributed by atoms with Crippen molar-refractivity contribution in [2.24, 2.45) is 0 Å². The van der Waals surface area contributed by atoms with Crippen molar-refractivity contribution in [3.8, 4) is 0 Å². The van der Waals surface area contributed by atoms with Gasteiger partial charge in [-0.25, -0.2) is 0 Å². The molecule has 18 heavy (non-hydrogen) atoms. The molecule has 3 rings (SSSR count). The molecule has 96 valence electrons. The molecule has 1 N–H and O–H groups in total. The highest BCUT2D eigenvalue weighted by Gasteiger charge is 2.37. The third kappa shape index (κ3) is 2.89. The van der Waals surface area contributed by atoms with Crippen molar-refractivity contribution < 1.29 is 4.52 Å². The highest BCUT2D eigenvalue weighted by Crippen LogP contribution is 2.40. The van der Waals surface area contributed by atoms with Crippen molar-refractivity contribution in [1.29, 1.82) is 0 Å². The van der Waals surface area contributed by atoms with Crippen molar-refractivity contribution in [3.63, 3.8) is 0 Å². The summed E-state index contributed by atoms with van der Waals surface area (Å²) in [5.74, 6) is 2.00. The fourth-order valence-corrected chi connectivity index (χ4v) is 2.12. The maximum atomic E-state index is 5.06. The molecule has 0 spiro atoms. The molecular weight excluding hydrogens is 250 g/mol. The van der Waals surface area contributed by atoms with E-state index in [1.165, 1.54) is 12.0 Å².